The van der Waals surface area contributed by atoms with Gasteiger partial charge < -0.3 is 24.6 Å². The molecule has 0 fully saturated rings. The van der Waals surface area contributed by atoms with Gasteiger partial charge in [0.15, 0.2) is 6.10 Å². The van der Waals surface area contributed by atoms with E-state index in [9.17, 15) is 24.2 Å². The second-order valence-corrected chi connectivity index (χ2v) is 8.07. The summed E-state index contributed by atoms with van der Waals surface area (Å²) in [5.74, 6) is -1.08. The summed E-state index contributed by atoms with van der Waals surface area (Å²) in [6.07, 6.45) is 5.51. The molecule has 0 bridgehead atoms. The number of unbranched alkanes of at least 4 members (excludes halogenated alkanes) is 3. The zero-order chi connectivity index (χ0) is 22.8. The van der Waals surface area contributed by atoms with Crippen LogP contribution in [-0.2, 0) is 32.7 Å². The van der Waals surface area contributed by atoms with Crippen LogP contribution in [0.15, 0.2) is 12.2 Å². The minimum Gasteiger partial charge on any atom is -0.461 e. The van der Waals surface area contributed by atoms with E-state index in [2.05, 4.69) is 4.52 Å². The Kier molecular flexibility index (Phi) is 16.6. The highest BCUT2D eigenvalue weighted by Crippen LogP contribution is 2.43. The molecule has 10 nitrogen and oxygen atoms in total. The standard InChI is InChI=1S/C19H35O10P/c1-3-5-7-9-10-18(22)26-14-17(29-19(23)11-8-6-4-2)15-28-30(24,25)27-13-16(21)12-20/h7,9,16-17,20-21H,3-6,8,10-15H2,1-2H3,(H,24,25)/b9-7+/t16-,17+/m0/s1. The summed E-state index contributed by atoms with van der Waals surface area (Å²) in [5, 5.41) is 17.9. The van der Waals surface area contributed by atoms with Crippen molar-refractivity contribution in [2.45, 2.75) is 71.0 Å². The van der Waals surface area contributed by atoms with Gasteiger partial charge in [0, 0.05) is 6.42 Å². The second kappa shape index (κ2) is 17.4. The minimum absolute atomic E-state index is 0.0542. The molecule has 0 aliphatic heterocycles. The molecule has 0 aromatic rings. The number of aliphatic hydroxyl groups excluding tert-OH is 2. The number of carbonyl (C=O) groups is 2. The molecule has 0 saturated carbocycles. The second-order valence-electron chi connectivity index (χ2n) is 6.61. The van der Waals surface area contributed by atoms with Gasteiger partial charge in [-0.1, -0.05) is 45.3 Å². The van der Waals surface area contributed by atoms with Crippen LogP contribution in [0.3, 0.4) is 0 Å². The molecule has 0 aliphatic carbocycles. The number of ether oxygens (including phenoxy) is 2. The Hall–Kier alpha value is -1.29. The highest BCUT2D eigenvalue weighted by atomic mass is 31.2. The number of carbonyl (C=O) groups excluding carboxylic acids is 2. The molecule has 0 rings (SSSR count). The van der Waals surface area contributed by atoms with Gasteiger partial charge in [-0.15, -0.1) is 0 Å². The van der Waals surface area contributed by atoms with Crippen molar-refractivity contribution in [2.24, 2.45) is 0 Å². The molecule has 30 heavy (non-hydrogen) atoms. The predicted octanol–water partition coefficient (Wildman–Crippen LogP) is 2.25. The number of rotatable bonds is 18. The molecule has 11 heteroatoms. The molecule has 0 aromatic heterocycles. The van der Waals surface area contributed by atoms with Crippen molar-refractivity contribution >= 4 is 19.8 Å². The number of hydrogen-bond donors (Lipinski definition) is 3. The largest absolute Gasteiger partial charge is 0.472 e. The molecule has 0 saturated heterocycles. The first-order valence-electron chi connectivity index (χ1n) is 10.1. The van der Waals surface area contributed by atoms with Gasteiger partial charge in [-0.05, 0) is 12.8 Å². The molecule has 0 amide bonds. The van der Waals surface area contributed by atoms with Gasteiger partial charge >= 0.3 is 19.8 Å². The maximum absolute atomic E-state index is 11.9. The van der Waals surface area contributed by atoms with E-state index >= 15 is 0 Å². The monoisotopic (exact) mass is 454 g/mol. The Balaban J connectivity index is 4.67. The molecule has 0 heterocycles. The fourth-order valence-corrected chi connectivity index (χ4v) is 2.83. The van der Waals surface area contributed by atoms with Gasteiger partial charge in [0.1, 0.15) is 12.7 Å². The summed E-state index contributed by atoms with van der Waals surface area (Å²) in [7, 11) is -4.57. The third-order valence-electron chi connectivity index (χ3n) is 3.68. The van der Waals surface area contributed by atoms with E-state index in [1.54, 1.807) is 6.08 Å². The van der Waals surface area contributed by atoms with Crippen LogP contribution in [0.4, 0.5) is 0 Å². The molecule has 0 aromatic carbocycles. The molecule has 0 aliphatic rings. The van der Waals surface area contributed by atoms with Crippen LogP contribution in [-0.4, -0.2) is 65.7 Å². The number of allylic oxidation sites excluding steroid dienone is 1. The summed E-state index contributed by atoms with van der Waals surface area (Å²) >= 11 is 0. The first-order chi connectivity index (χ1) is 14.2. The normalized spacial score (nSPS) is 15.5. The first kappa shape index (κ1) is 28.7. The van der Waals surface area contributed by atoms with Crippen molar-refractivity contribution in [1.82, 2.24) is 0 Å². The van der Waals surface area contributed by atoms with E-state index in [0.29, 0.717) is 6.42 Å². The third kappa shape index (κ3) is 16.5. The Morgan fingerprint density at radius 2 is 1.70 bits per heavy atom. The van der Waals surface area contributed by atoms with Crippen molar-refractivity contribution in [3.05, 3.63) is 12.2 Å². The Morgan fingerprint density at radius 1 is 1.00 bits per heavy atom. The molecule has 3 atom stereocenters. The van der Waals surface area contributed by atoms with Crippen LogP contribution in [0.25, 0.3) is 0 Å². The smallest absolute Gasteiger partial charge is 0.461 e. The zero-order valence-electron chi connectivity index (χ0n) is 17.7. The number of esters is 2. The summed E-state index contributed by atoms with van der Waals surface area (Å²) in [6, 6.07) is 0. The molecule has 176 valence electrons. The van der Waals surface area contributed by atoms with E-state index in [-0.39, 0.29) is 19.4 Å². The predicted molar refractivity (Wildman–Crippen MR) is 108 cm³/mol. The fraction of sp³-hybridized carbons (Fsp3) is 0.789. The van der Waals surface area contributed by atoms with Crippen molar-refractivity contribution < 1.29 is 47.8 Å². The van der Waals surface area contributed by atoms with E-state index in [1.807, 2.05) is 19.9 Å². The van der Waals surface area contributed by atoms with E-state index < -0.39 is 51.8 Å². The van der Waals surface area contributed by atoms with E-state index in [1.165, 1.54) is 0 Å². The van der Waals surface area contributed by atoms with Crippen LogP contribution in [0.5, 0.6) is 0 Å². The summed E-state index contributed by atoms with van der Waals surface area (Å²) in [4.78, 5) is 33.3. The average molecular weight is 454 g/mol. The van der Waals surface area contributed by atoms with Crippen LogP contribution in [0.2, 0.25) is 0 Å². The Bertz CT molecular complexity index is 551. The lowest BCUT2D eigenvalue weighted by molar-refractivity contribution is -0.160. The van der Waals surface area contributed by atoms with E-state index in [0.717, 1.165) is 25.7 Å². The molecule has 0 spiro atoms. The summed E-state index contributed by atoms with van der Waals surface area (Å²) < 4.78 is 31.4. The maximum atomic E-state index is 11.9. The van der Waals surface area contributed by atoms with Crippen molar-refractivity contribution in [3.63, 3.8) is 0 Å². The molecular formula is C19H35O10P. The topological polar surface area (TPSA) is 149 Å². The van der Waals surface area contributed by atoms with Crippen LogP contribution in [0.1, 0.15) is 58.8 Å². The quantitative estimate of drug-likeness (QED) is 0.122. The molecular weight excluding hydrogens is 419 g/mol. The van der Waals surface area contributed by atoms with Gasteiger partial charge in [0.25, 0.3) is 0 Å². The molecule has 3 N–H and O–H groups in total. The summed E-state index contributed by atoms with van der Waals surface area (Å²) in [5.41, 5.74) is 0. The third-order valence-corrected chi connectivity index (χ3v) is 4.63. The van der Waals surface area contributed by atoms with Gasteiger partial charge in [-0.2, -0.15) is 0 Å². The number of phosphoric acid groups is 1. The van der Waals surface area contributed by atoms with Crippen LogP contribution >= 0.6 is 7.82 Å². The van der Waals surface area contributed by atoms with Gasteiger partial charge in [-0.3, -0.25) is 18.6 Å². The highest BCUT2D eigenvalue weighted by Gasteiger charge is 2.27. The lowest BCUT2D eigenvalue weighted by atomic mass is 10.2. The molecule has 0 radical (unpaired) electrons. The van der Waals surface area contributed by atoms with Crippen molar-refractivity contribution in [1.29, 1.82) is 0 Å². The molecule has 1 unspecified atom stereocenters. The van der Waals surface area contributed by atoms with Crippen molar-refractivity contribution in [2.75, 3.05) is 26.4 Å². The zero-order valence-corrected chi connectivity index (χ0v) is 18.6. The number of aliphatic hydroxyl groups is 2. The van der Waals surface area contributed by atoms with Crippen LogP contribution < -0.4 is 0 Å². The Labute approximate surface area is 177 Å². The Morgan fingerprint density at radius 3 is 2.33 bits per heavy atom. The SMILES string of the molecule is CCC/C=C/CC(=O)OC[C@H](COP(=O)(O)OC[C@@H](O)CO)OC(=O)CCCCC. The highest BCUT2D eigenvalue weighted by molar-refractivity contribution is 7.47. The van der Waals surface area contributed by atoms with Gasteiger partial charge in [-0.25, -0.2) is 4.57 Å². The van der Waals surface area contributed by atoms with Crippen LogP contribution in [0, 0.1) is 0 Å². The van der Waals surface area contributed by atoms with Crippen molar-refractivity contribution in [3.8, 4) is 0 Å². The first-order valence-corrected chi connectivity index (χ1v) is 11.6. The lowest BCUT2D eigenvalue weighted by Crippen LogP contribution is -2.29. The fourth-order valence-electron chi connectivity index (χ4n) is 2.04. The van der Waals surface area contributed by atoms with Gasteiger partial charge in [0.2, 0.25) is 0 Å². The van der Waals surface area contributed by atoms with Gasteiger partial charge in [0.05, 0.1) is 26.2 Å². The minimum atomic E-state index is -4.57. The maximum Gasteiger partial charge on any atom is 0.472 e. The van der Waals surface area contributed by atoms with E-state index in [4.69, 9.17) is 19.1 Å². The number of hydrogen-bond acceptors (Lipinski definition) is 9. The lowest BCUT2D eigenvalue weighted by Gasteiger charge is -2.20. The average Bonchev–Trinajstić information content (AvgIpc) is 2.71. The number of phosphoric ester groups is 1. The summed E-state index contributed by atoms with van der Waals surface area (Å²) in [6.45, 7) is 1.82.